The van der Waals surface area contributed by atoms with E-state index in [1.807, 2.05) is 20.8 Å². The van der Waals surface area contributed by atoms with Crippen LogP contribution in [0.4, 0.5) is 14.5 Å². The van der Waals surface area contributed by atoms with Crippen molar-refractivity contribution in [3.8, 4) is 11.5 Å². The van der Waals surface area contributed by atoms with Gasteiger partial charge in [0.15, 0.2) is 11.5 Å². The van der Waals surface area contributed by atoms with Crippen molar-refractivity contribution in [1.82, 2.24) is 0 Å². The highest BCUT2D eigenvalue weighted by Crippen LogP contribution is 2.37. The smallest absolute Gasteiger partial charge is 0.255 e. The molecule has 1 aliphatic heterocycles. The maximum Gasteiger partial charge on any atom is 0.255 e. The van der Waals surface area contributed by atoms with Gasteiger partial charge in [0.2, 0.25) is 6.79 Å². The van der Waals surface area contributed by atoms with Gasteiger partial charge >= 0.3 is 0 Å². The number of anilines is 1. The Kier molecular flexibility index (Phi) is 5.19. The third kappa shape index (κ3) is 3.24. The molecule has 0 radical (unpaired) electrons. The Balaban J connectivity index is 0.000000771. The van der Waals surface area contributed by atoms with E-state index in [0.29, 0.717) is 11.5 Å². The number of fused-ring (bicyclic) bond motifs is 1. The summed E-state index contributed by atoms with van der Waals surface area (Å²) in [5.74, 6) is 1.29. The van der Waals surface area contributed by atoms with Crippen LogP contribution in [0.1, 0.15) is 19.4 Å². The monoisotopic (exact) mass is 259 g/mol. The summed E-state index contributed by atoms with van der Waals surface area (Å²) in [6, 6.07) is 3.54. The van der Waals surface area contributed by atoms with E-state index in [4.69, 9.17) is 9.47 Å². The van der Waals surface area contributed by atoms with Crippen LogP contribution in [0.15, 0.2) is 12.1 Å². The van der Waals surface area contributed by atoms with Crippen molar-refractivity contribution in [2.45, 2.75) is 27.2 Å². The Morgan fingerprint density at radius 1 is 1.22 bits per heavy atom. The average Bonchev–Trinajstić information content (AvgIpc) is 2.76. The van der Waals surface area contributed by atoms with E-state index >= 15 is 0 Å². The number of alkyl halides is 2. The van der Waals surface area contributed by atoms with Crippen molar-refractivity contribution >= 4 is 5.69 Å². The summed E-state index contributed by atoms with van der Waals surface area (Å²) in [6.07, 6.45) is -2.35. The van der Waals surface area contributed by atoms with Gasteiger partial charge in [-0.25, -0.2) is 8.78 Å². The first-order valence-electron chi connectivity index (χ1n) is 5.97. The summed E-state index contributed by atoms with van der Waals surface area (Å²) in [5, 5.41) is 0. The highest BCUT2D eigenvalue weighted by atomic mass is 19.3. The van der Waals surface area contributed by atoms with E-state index in [1.165, 1.54) is 4.90 Å². The Hall–Kier alpha value is -1.52. The van der Waals surface area contributed by atoms with Crippen molar-refractivity contribution < 1.29 is 18.3 Å². The van der Waals surface area contributed by atoms with Gasteiger partial charge in [0, 0.05) is 18.8 Å². The minimum absolute atomic E-state index is 0.191. The van der Waals surface area contributed by atoms with Gasteiger partial charge in [0.05, 0.1) is 6.54 Å². The summed E-state index contributed by atoms with van der Waals surface area (Å²) in [6.45, 7) is 5.76. The SMILES string of the molecule is CC.Cc1cc2c(cc1N(C)CC(F)F)OCO2. The minimum atomic E-state index is -2.35. The Morgan fingerprint density at radius 2 is 1.78 bits per heavy atom. The van der Waals surface area contributed by atoms with Crippen molar-refractivity contribution in [2.24, 2.45) is 0 Å². The number of benzene rings is 1. The molecule has 5 heteroatoms. The van der Waals surface area contributed by atoms with Crippen LogP contribution < -0.4 is 14.4 Å². The molecule has 0 aliphatic carbocycles. The number of hydrogen-bond donors (Lipinski definition) is 0. The molecule has 2 rings (SSSR count). The lowest BCUT2D eigenvalue weighted by atomic mass is 10.1. The molecule has 0 spiro atoms. The topological polar surface area (TPSA) is 21.7 Å². The lowest BCUT2D eigenvalue weighted by molar-refractivity contribution is 0.156. The molecule has 1 aliphatic rings. The maximum atomic E-state index is 12.3. The van der Waals surface area contributed by atoms with Gasteiger partial charge in [-0.1, -0.05) is 13.8 Å². The molecule has 102 valence electrons. The Morgan fingerprint density at radius 3 is 2.33 bits per heavy atom. The highest BCUT2D eigenvalue weighted by Gasteiger charge is 2.18. The van der Waals surface area contributed by atoms with Gasteiger partial charge in [-0.3, -0.25) is 0 Å². The van der Waals surface area contributed by atoms with Crippen LogP contribution in [0.3, 0.4) is 0 Å². The molecule has 0 atom stereocenters. The van der Waals surface area contributed by atoms with Gasteiger partial charge in [-0.2, -0.15) is 0 Å². The average molecular weight is 259 g/mol. The van der Waals surface area contributed by atoms with Gasteiger partial charge in [0.25, 0.3) is 6.43 Å². The predicted molar refractivity (Wildman–Crippen MR) is 67.9 cm³/mol. The van der Waals surface area contributed by atoms with Crippen molar-refractivity contribution in [3.63, 3.8) is 0 Å². The van der Waals surface area contributed by atoms with E-state index in [1.54, 1.807) is 19.2 Å². The Labute approximate surface area is 106 Å². The molecule has 18 heavy (non-hydrogen) atoms. The summed E-state index contributed by atoms with van der Waals surface area (Å²) in [4.78, 5) is 1.52. The first kappa shape index (κ1) is 14.5. The second-order valence-corrected chi connectivity index (χ2v) is 3.76. The molecule has 1 heterocycles. The molecule has 1 aromatic carbocycles. The molecule has 1 aromatic rings. The van der Waals surface area contributed by atoms with Crippen LogP contribution in [0.5, 0.6) is 11.5 Å². The maximum absolute atomic E-state index is 12.3. The molecule has 3 nitrogen and oxygen atoms in total. The van der Waals surface area contributed by atoms with Gasteiger partial charge in [-0.15, -0.1) is 0 Å². The molecule has 0 N–H and O–H groups in total. The fourth-order valence-electron chi connectivity index (χ4n) is 1.75. The van der Waals surface area contributed by atoms with Crippen molar-refractivity contribution in [2.75, 3.05) is 25.3 Å². The Bertz CT molecular complexity index is 397. The minimum Gasteiger partial charge on any atom is -0.454 e. The summed E-state index contributed by atoms with van der Waals surface area (Å²) >= 11 is 0. The van der Waals surface area contributed by atoms with E-state index in [9.17, 15) is 8.78 Å². The molecular weight excluding hydrogens is 240 g/mol. The summed E-state index contributed by atoms with van der Waals surface area (Å²) in [5.41, 5.74) is 1.64. The molecular formula is C13H19F2NO2. The molecule has 0 saturated heterocycles. The quantitative estimate of drug-likeness (QED) is 0.829. The lowest BCUT2D eigenvalue weighted by Crippen LogP contribution is -2.24. The molecule has 0 unspecified atom stereocenters. The number of halogens is 2. The van der Waals surface area contributed by atoms with E-state index in [0.717, 1.165) is 11.3 Å². The predicted octanol–water partition coefficient (Wildman–Crippen LogP) is 3.45. The first-order valence-corrected chi connectivity index (χ1v) is 5.97. The second-order valence-electron chi connectivity index (χ2n) is 3.76. The number of ether oxygens (including phenoxy) is 2. The number of nitrogens with zero attached hydrogens (tertiary/aromatic N) is 1. The van der Waals surface area contributed by atoms with Gasteiger partial charge in [0.1, 0.15) is 0 Å². The van der Waals surface area contributed by atoms with E-state index < -0.39 is 6.43 Å². The van der Waals surface area contributed by atoms with Crippen LogP contribution in [0.25, 0.3) is 0 Å². The van der Waals surface area contributed by atoms with Crippen molar-refractivity contribution in [1.29, 1.82) is 0 Å². The summed E-state index contributed by atoms with van der Waals surface area (Å²) < 4.78 is 35.0. The molecule has 0 fully saturated rings. The second kappa shape index (κ2) is 6.42. The van der Waals surface area contributed by atoms with E-state index in [2.05, 4.69) is 0 Å². The van der Waals surface area contributed by atoms with Gasteiger partial charge < -0.3 is 14.4 Å². The van der Waals surface area contributed by atoms with Crippen LogP contribution in [0, 0.1) is 6.92 Å². The fraction of sp³-hybridized carbons (Fsp3) is 0.538. The largest absolute Gasteiger partial charge is 0.454 e. The lowest BCUT2D eigenvalue weighted by Gasteiger charge is -2.21. The molecule has 0 aromatic heterocycles. The van der Waals surface area contributed by atoms with Crippen molar-refractivity contribution in [3.05, 3.63) is 17.7 Å². The zero-order valence-electron chi connectivity index (χ0n) is 11.2. The molecule has 0 amide bonds. The third-order valence-corrected chi connectivity index (χ3v) is 2.51. The van der Waals surface area contributed by atoms with Gasteiger partial charge in [-0.05, 0) is 18.6 Å². The number of rotatable bonds is 3. The zero-order chi connectivity index (χ0) is 13.7. The molecule has 0 saturated carbocycles. The first-order chi connectivity index (χ1) is 8.58. The van der Waals surface area contributed by atoms with Crippen LogP contribution in [0.2, 0.25) is 0 Å². The summed E-state index contributed by atoms with van der Waals surface area (Å²) in [7, 11) is 1.64. The van der Waals surface area contributed by atoms with Crippen LogP contribution in [-0.2, 0) is 0 Å². The number of hydrogen-bond acceptors (Lipinski definition) is 3. The van der Waals surface area contributed by atoms with E-state index in [-0.39, 0.29) is 13.3 Å². The highest BCUT2D eigenvalue weighted by molar-refractivity contribution is 5.61. The molecule has 0 bridgehead atoms. The third-order valence-electron chi connectivity index (χ3n) is 2.51. The number of aryl methyl sites for hydroxylation is 1. The van der Waals surface area contributed by atoms with Crippen LogP contribution in [-0.4, -0.2) is 26.8 Å². The standard InChI is InChI=1S/C11H13F2NO2.C2H6/c1-7-3-9-10(16-6-15-9)4-8(7)14(2)5-11(12)13;1-2/h3-4,11H,5-6H2,1-2H3;1-2H3. The zero-order valence-corrected chi connectivity index (χ0v) is 11.2. The normalized spacial score (nSPS) is 12.2. The van der Waals surface area contributed by atoms with Crippen LogP contribution >= 0.6 is 0 Å². The fourth-order valence-corrected chi connectivity index (χ4v) is 1.75.